The van der Waals surface area contributed by atoms with E-state index in [0.717, 1.165) is 6.04 Å². The van der Waals surface area contributed by atoms with Gasteiger partial charge in [-0.3, -0.25) is 4.70 Å². The molecule has 80 valence electrons. The van der Waals surface area contributed by atoms with Crippen molar-refractivity contribution in [3.63, 3.8) is 0 Å². The van der Waals surface area contributed by atoms with Crippen LogP contribution in [-0.2, 0) is 0 Å². The highest BCUT2D eigenvalue weighted by molar-refractivity contribution is 4.77. The second-order valence-corrected chi connectivity index (χ2v) is 3.95. The molecule has 1 heterocycles. The van der Waals surface area contributed by atoms with Crippen LogP contribution in [0.5, 0.6) is 0 Å². The largest absolute Gasteiger partial charge is 0.300 e. The monoisotopic (exact) mass is 189 g/mol. The predicted octanol–water partition coefficient (Wildman–Crippen LogP) is 3.20. The van der Waals surface area contributed by atoms with Gasteiger partial charge in [0.2, 0.25) is 0 Å². The fraction of sp³-hybridized carbons (Fsp3) is 1.00. The van der Waals surface area contributed by atoms with Crippen molar-refractivity contribution in [1.82, 2.24) is 4.90 Å². The SMILES string of the molecule is CCCCCN1CCCC1CC.F. The van der Waals surface area contributed by atoms with E-state index in [0.29, 0.717) is 0 Å². The fourth-order valence-electron chi connectivity index (χ4n) is 2.22. The Balaban J connectivity index is 0.00000144. The van der Waals surface area contributed by atoms with Crippen LogP contribution in [0.1, 0.15) is 52.4 Å². The summed E-state index contributed by atoms with van der Waals surface area (Å²) in [5.74, 6) is 0. The maximum absolute atomic E-state index is 2.69. The van der Waals surface area contributed by atoms with Gasteiger partial charge in [0.05, 0.1) is 0 Å². The lowest BCUT2D eigenvalue weighted by molar-refractivity contribution is 0.243. The highest BCUT2D eigenvalue weighted by atomic mass is 19.0. The van der Waals surface area contributed by atoms with E-state index >= 15 is 0 Å². The summed E-state index contributed by atoms with van der Waals surface area (Å²) in [5.41, 5.74) is 0. The van der Waals surface area contributed by atoms with Crippen LogP contribution >= 0.6 is 0 Å². The third-order valence-corrected chi connectivity index (χ3v) is 3.02. The summed E-state index contributed by atoms with van der Waals surface area (Å²) in [7, 11) is 0. The molecule has 0 N–H and O–H groups in total. The first-order valence-corrected chi connectivity index (χ1v) is 5.62. The van der Waals surface area contributed by atoms with Crippen molar-refractivity contribution in [2.45, 2.75) is 58.4 Å². The summed E-state index contributed by atoms with van der Waals surface area (Å²) in [6.07, 6.45) is 8.41. The Labute approximate surface area is 81.9 Å². The van der Waals surface area contributed by atoms with E-state index in [1.54, 1.807) is 0 Å². The van der Waals surface area contributed by atoms with Crippen molar-refractivity contribution in [2.75, 3.05) is 13.1 Å². The molecule has 0 aromatic heterocycles. The lowest BCUT2D eigenvalue weighted by Gasteiger charge is -2.22. The molecule has 1 nitrogen and oxygen atoms in total. The van der Waals surface area contributed by atoms with Crippen LogP contribution in [0.25, 0.3) is 0 Å². The maximum atomic E-state index is 2.69. The van der Waals surface area contributed by atoms with Gasteiger partial charge in [-0.15, -0.1) is 0 Å². The highest BCUT2D eigenvalue weighted by Gasteiger charge is 2.21. The van der Waals surface area contributed by atoms with Crippen LogP contribution < -0.4 is 0 Å². The van der Waals surface area contributed by atoms with Gasteiger partial charge in [0.15, 0.2) is 0 Å². The van der Waals surface area contributed by atoms with Crippen molar-refractivity contribution in [3.05, 3.63) is 0 Å². The topological polar surface area (TPSA) is 3.24 Å². The Morgan fingerprint density at radius 3 is 2.62 bits per heavy atom. The van der Waals surface area contributed by atoms with Crippen molar-refractivity contribution >= 4 is 0 Å². The number of halogens is 1. The molecule has 0 aromatic rings. The third kappa shape index (κ3) is 4.08. The van der Waals surface area contributed by atoms with Crippen LogP contribution in [0, 0.1) is 0 Å². The molecular weight excluding hydrogens is 165 g/mol. The summed E-state index contributed by atoms with van der Waals surface area (Å²) in [5, 5.41) is 0. The first-order chi connectivity index (χ1) is 5.88. The summed E-state index contributed by atoms with van der Waals surface area (Å²) in [6.45, 7) is 7.32. The molecule has 1 unspecified atom stereocenters. The number of hydrogen-bond acceptors (Lipinski definition) is 1. The summed E-state index contributed by atoms with van der Waals surface area (Å²) >= 11 is 0. The van der Waals surface area contributed by atoms with E-state index in [2.05, 4.69) is 18.7 Å². The van der Waals surface area contributed by atoms with E-state index in [1.807, 2.05) is 0 Å². The molecule has 0 amide bonds. The van der Waals surface area contributed by atoms with E-state index in [1.165, 1.54) is 51.6 Å². The second-order valence-electron chi connectivity index (χ2n) is 3.95. The smallest absolute Gasteiger partial charge is 0.00931 e. The molecule has 1 saturated heterocycles. The second kappa shape index (κ2) is 7.31. The van der Waals surface area contributed by atoms with Crippen molar-refractivity contribution < 1.29 is 4.70 Å². The zero-order chi connectivity index (χ0) is 8.81. The summed E-state index contributed by atoms with van der Waals surface area (Å²) < 4.78 is 0. The zero-order valence-electron chi connectivity index (χ0n) is 9.09. The van der Waals surface area contributed by atoms with Crippen molar-refractivity contribution in [1.29, 1.82) is 0 Å². The minimum Gasteiger partial charge on any atom is -0.300 e. The molecule has 0 aromatic carbocycles. The van der Waals surface area contributed by atoms with Crippen LogP contribution in [0.15, 0.2) is 0 Å². The number of unbranched alkanes of at least 4 members (excludes halogenated alkanes) is 2. The first kappa shape index (κ1) is 12.9. The van der Waals surface area contributed by atoms with Gasteiger partial charge >= 0.3 is 0 Å². The Hall–Kier alpha value is -0.110. The van der Waals surface area contributed by atoms with Crippen molar-refractivity contribution in [2.24, 2.45) is 0 Å². The summed E-state index contributed by atoms with van der Waals surface area (Å²) in [6, 6.07) is 0.918. The Morgan fingerprint density at radius 2 is 2.00 bits per heavy atom. The first-order valence-electron chi connectivity index (χ1n) is 5.62. The molecule has 1 fully saturated rings. The quantitative estimate of drug-likeness (QED) is 0.600. The summed E-state index contributed by atoms with van der Waals surface area (Å²) in [4.78, 5) is 2.69. The van der Waals surface area contributed by atoms with E-state index in [9.17, 15) is 0 Å². The van der Waals surface area contributed by atoms with Crippen molar-refractivity contribution in [3.8, 4) is 0 Å². The van der Waals surface area contributed by atoms with Gasteiger partial charge in [-0.05, 0) is 38.8 Å². The molecule has 0 saturated carbocycles. The highest BCUT2D eigenvalue weighted by Crippen LogP contribution is 2.19. The van der Waals surface area contributed by atoms with E-state index in [-0.39, 0.29) is 4.70 Å². The van der Waals surface area contributed by atoms with Gasteiger partial charge < -0.3 is 4.90 Å². The van der Waals surface area contributed by atoms with Gasteiger partial charge in [0.1, 0.15) is 0 Å². The minimum absolute atomic E-state index is 0. The van der Waals surface area contributed by atoms with Crippen LogP contribution in [0.3, 0.4) is 0 Å². The van der Waals surface area contributed by atoms with Gasteiger partial charge in [-0.1, -0.05) is 26.7 Å². The van der Waals surface area contributed by atoms with E-state index in [4.69, 9.17) is 0 Å². The Morgan fingerprint density at radius 1 is 1.23 bits per heavy atom. The molecule has 1 atom stereocenters. The average Bonchev–Trinajstić information content (AvgIpc) is 2.52. The predicted molar refractivity (Wildman–Crippen MR) is 56.9 cm³/mol. The molecule has 0 spiro atoms. The van der Waals surface area contributed by atoms with Crippen LogP contribution in [0.4, 0.5) is 4.70 Å². The lowest BCUT2D eigenvalue weighted by Crippen LogP contribution is -2.29. The molecule has 0 aliphatic carbocycles. The Kier molecular flexibility index (Phi) is 7.25. The fourth-order valence-corrected chi connectivity index (χ4v) is 2.22. The molecule has 1 aliphatic rings. The molecule has 2 heteroatoms. The minimum atomic E-state index is 0. The Bertz CT molecular complexity index is 117. The number of hydrogen-bond donors (Lipinski definition) is 0. The van der Waals surface area contributed by atoms with Crippen LogP contribution in [0.2, 0.25) is 0 Å². The van der Waals surface area contributed by atoms with Gasteiger partial charge in [-0.25, -0.2) is 0 Å². The van der Waals surface area contributed by atoms with Crippen LogP contribution in [-0.4, -0.2) is 24.0 Å². The van der Waals surface area contributed by atoms with Gasteiger partial charge in [0.25, 0.3) is 0 Å². The third-order valence-electron chi connectivity index (χ3n) is 3.02. The van der Waals surface area contributed by atoms with Gasteiger partial charge in [-0.2, -0.15) is 0 Å². The molecule has 0 radical (unpaired) electrons. The molecule has 0 bridgehead atoms. The number of likely N-dealkylation sites (tertiary alicyclic amines) is 1. The molecule has 1 rings (SSSR count). The zero-order valence-corrected chi connectivity index (χ0v) is 9.09. The molecule has 13 heavy (non-hydrogen) atoms. The average molecular weight is 189 g/mol. The number of rotatable bonds is 5. The lowest BCUT2D eigenvalue weighted by atomic mass is 10.1. The maximum Gasteiger partial charge on any atom is 0.00931 e. The van der Waals surface area contributed by atoms with E-state index < -0.39 is 0 Å². The molecular formula is C11H24FN. The normalized spacial score (nSPS) is 23.1. The number of nitrogens with zero attached hydrogens (tertiary/aromatic N) is 1. The molecule has 1 aliphatic heterocycles. The standard InChI is InChI=1S/C11H23N.FH/c1-3-5-6-9-12-10-7-8-11(12)4-2;/h11H,3-10H2,1-2H3;1H. The van der Waals surface area contributed by atoms with Gasteiger partial charge in [0, 0.05) is 6.04 Å².